The average molecular weight is 339 g/mol. The lowest BCUT2D eigenvalue weighted by molar-refractivity contribution is -0.115. The fraction of sp³-hybridized carbons (Fsp3) is 0.211. The fourth-order valence-electron chi connectivity index (χ4n) is 2.25. The van der Waals surface area contributed by atoms with E-state index >= 15 is 0 Å². The zero-order valence-corrected chi connectivity index (χ0v) is 14.3. The van der Waals surface area contributed by atoms with Gasteiger partial charge in [0.05, 0.1) is 6.54 Å². The molecule has 0 aliphatic carbocycles. The van der Waals surface area contributed by atoms with Gasteiger partial charge >= 0.3 is 0 Å². The van der Waals surface area contributed by atoms with Crippen LogP contribution in [0.2, 0.25) is 0 Å². The van der Waals surface area contributed by atoms with E-state index < -0.39 is 0 Å². The summed E-state index contributed by atoms with van der Waals surface area (Å²) in [6, 6.07) is 13.8. The first-order chi connectivity index (χ1) is 12.0. The van der Waals surface area contributed by atoms with Gasteiger partial charge < -0.3 is 16.0 Å². The normalized spacial score (nSPS) is 10.0. The molecule has 130 valence electrons. The first-order valence-corrected chi connectivity index (χ1v) is 8.02. The van der Waals surface area contributed by atoms with Crippen LogP contribution in [0.4, 0.5) is 5.69 Å². The molecule has 0 saturated carbocycles. The summed E-state index contributed by atoms with van der Waals surface area (Å²) in [6.07, 6.45) is 0. The number of rotatable bonds is 6. The molecule has 2 aromatic rings. The zero-order chi connectivity index (χ0) is 18.2. The molecule has 0 radical (unpaired) electrons. The van der Waals surface area contributed by atoms with Crippen molar-refractivity contribution in [1.29, 1.82) is 0 Å². The molecule has 6 heteroatoms. The highest BCUT2D eigenvalue weighted by Gasteiger charge is 2.10. The molecule has 0 aliphatic rings. The standard InChI is InChI=1S/C19H21N3O3/c1-3-20-18(24)15-8-5-9-16(11-15)22-17(23)12-21-19(25)14-7-4-6-13(2)10-14/h4-11H,3,12H2,1-2H3,(H,20,24)(H,21,25)(H,22,23). The number of hydrogen-bond acceptors (Lipinski definition) is 3. The van der Waals surface area contributed by atoms with Gasteiger partial charge in [0.25, 0.3) is 11.8 Å². The van der Waals surface area contributed by atoms with Crippen LogP contribution < -0.4 is 16.0 Å². The third kappa shape index (κ3) is 5.46. The fourth-order valence-corrected chi connectivity index (χ4v) is 2.25. The maximum atomic E-state index is 12.0. The second-order valence-corrected chi connectivity index (χ2v) is 5.54. The van der Waals surface area contributed by atoms with Gasteiger partial charge in [0.15, 0.2) is 0 Å². The van der Waals surface area contributed by atoms with Gasteiger partial charge in [0, 0.05) is 23.4 Å². The van der Waals surface area contributed by atoms with E-state index in [-0.39, 0.29) is 24.3 Å². The number of anilines is 1. The Labute approximate surface area is 146 Å². The van der Waals surface area contributed by atoms with Crippen LogP contribution >= 0.6 is 0 Å². The Morgan fingerprint density at radius 2 is 1.52 bits per heavy atom. The lowest BCUT2D eigenvalue weighted by Crippen LogP contribution is -2.33. The van der Waals surface area contributed by atoms with Crippen molar-refractivity contribution in [2.24, 2.45) is 0 Å². The maximum absolute atomic E-state index is 12.0. The van der Waals surface area contributed by atoms with Crippen molar-refractivity contribution in [2.45, 2.75) is 13.8 Å². The lowest BCUT2D eigenvalue weighted by atomic mass is 10.1. The Morgan fingerprint density at radius 1 is 0.880 bits per heavy atom. The summed E-state index contributed by atoms with van der Waals surface area (Å²) in [4.78, 5) is 35.8. The highest BCUT2D eigenvalue weighted by atomic mass is 16.2. The molecule has 0 atom stereocenters. The first-order valence-electron chi connectivity index (χ1n) is 8.02. The van der Waals surface area contributed by atoms with Crippen molar-refractivity contribution in [3.05, 3.63) is 65.2 Å². The molecule has 2 aromatic carbocycles. The molecule has 0 spiro atoms. The molecule has 25 heavy (non-hydrogen) atoms. The topological polar surface area (TPSA) is 87.3 Å². The minimum atomic E-state index is -0.367. The van der Waals surface area contributed by atoms with E-state index in [1.807, 2.05) is 19.9 Å². The van der Waals surface area contributed by atoms with Gasteiger partial charge in [0.1, 0.15) is 0 Å². The molecule has 0 heterocycles. The molecule has 0 aromatic heterocycles. The van der Waals surface area contributed by atoms with Crippen molar-refractivity contribution in [3.63, 3.8) is 0 Å². The second-order valence-electron chi connectivity index (χ2n) is 5.54. The van der Waals surface area contributed by atoms with Crippen LogP contribution in [0.3, 0.4) is 0 Å². The van der Waals surface area contributed by atoms with Crippen molar-refractivity contribution in [1.82, 2.24) is 10.6 Å². The predicted molar refractivity (Wildman–Crippen MR) is 96.6 cm³/mol. The van der Waals surface area contributed by atoms with E-state index in [1.54, 1.807) is 42.5 Å². The zero-order valence-electron chi connectivity index (χ0n) is 14.3. The molecule has 2 rings (SSSR count). The minimum Gasteiger partial charge on any atom is -0.352 e. The summed E-state index contributed by atoms with van der Waals surface area (Å²) in [5, 5.41) is 7.93. The van der Waals surface area contributed by atoms with Gasteiger partial charge in [-0.2, -0.15) is 0 Å². The number of aryl methyl sites for hydroxylation is 1. The third-order valence-corrected chi connectivity index (χ3v) is 3.44. The van der Waals surface area contributed by atoms with Crippen molar-refractivity contribution in [3.8, 4) is 0 Å². The quantitative estimate of drug-likeness (QED) is 0.753. The van der Waals surface area contributed by atoms with Gasteiger partial charge in [-0.25, -0.2) is 0 Å². The summed E-state index contributed by atoms with van der Waals surface area (Å²) >= 11 is 0. The molecule has 0 fully saturated rings. The highest BCUT2D eigenvalue weighted by Crippen LogP contribution is 2.10. The Balaban J connectivity index is 1.91. The number of carbonyl (C=O) groups is 3. The summed E-state index contributed by atoms with van der Waals surface area (Å²) < 4.78 is 0. The molecule has 0 aliphatic heterocycles. The van der Waals surface area contributed by atoms with Crippen LogP contribution in [-0.2, 0) is 4.79 Å². The van der Waals surface area contributed by atoms with Gasteiger partial charge in [-0.3, -0.25) is 14.4 Å². The number of hydrogen-bond donors (Lipinski definition) is 3. The Hall–Kier alpha value is -3.15. The van der Waals surface area contributed by atoms with Crippen molar-refractivity contribution in [2.75, 3.05) is 18.4 Å². The van der Waals surface area contributed by atoms with E-state index in [4.69, 9.17) is 0 Å². The maximum Gasteiger partial charge on any atom is 0.251 e. The molecule has 6 nitrogen and oxygen atoms in total. The minimum absolute atomic E-state index is 0.155. The molecular weight excluding hydrogens is 318 g/mol. The van der Waals surface area contributed by atoms with E-state index in [0.29, 0.717) is 23.4 Å². The molecule has 3 N–H and O–H groups in total. The number of nitrogens with one attached hydrogen (secondary N) is 3. The number of carbonyl (C=O) groups excluding carboxylic acids is 3. The van der Waals surface area contributed by atoms with E-state index in [0.717, 1.165) is 5.56 Å². The molecular formula is C19H21N3O3. The predicted octanol–water partition coefficient (Wildman–Crippen LogP) is 2.11. The van der Waals surface area contributed by atoms with E-state index in [2.05, 4.69) is 16.0 Å². The molecule has 0 saturated heterocycles. The SMILES string of the molecule is CCNC(=O)c1cccc(NC(=O)CNC(=O)c2cccc(C)c2)c1. The molecule has 0 unspecified atom stereocenters. The third-order valence-electron chi connectivity index (χ3n) is 3.44. The van der Waals surface area contributed by atoms with Crippen LogP contribution in [0, 0.1) is 6.92 Å². The van der Waals surface area contributed by atoms with Crippen LogP contribution in [0.15, 0.2) is 48.5 Å². The molecule has 3 amide bonds. The van der Waals surface area contributed by atoms with Crippen LogP contribution in [0.25, 0.3) is 0 Å². The first kappa shape index (κ1) is 18.2. The van der Waals surface area contributed by atoms with Crippen LogP contribution in [0.5, 0.6) is 0 Å². The second kappa shape index (κ2) is 8.63. The van der Waals surface area contributed by atoms with Crippen molar-refractivity contribution < 1.29 is 14.4 Å². The monoisotopic (exact) mass is 339 g/mol. The van der Waals surface area contributed by atoms with Crippen LogP contribution in [0.1, 0.15) is 33.2 Å². The summed E-state index contributed by atoms with van der Waals surface area (Å²) in [5.74, 6) is -0.879. The van der Waals surface area contributed by atoms with Gasteiger partial charge in [0.2, 0.25) is 5.91 Å². The Bertz CT molecular complexity index is 787. The van der Waals surface area contributed by atoms with Gasteiger partial charge in [-0.1, -0.05) is 23.8 Å². The lowest BCUT2D eigenvalue weighted by Gasteiger charge is -2.09. The number of amides is 3. The largest absolute Gasteiger partial charge is 0.352 e. The Kier molecular flexibility index (Phi) is 6.28. The molecule has 0 bridgehead atoms. The van der Waals surface area contributed by atoms with E-state index in [1.165, 1.54) is 0 Å². The van der Waals surface area contributed by atoms with Gasteiger partial charge in [-0.15, -0.1) is 0 Å². The van der Waals surface area contributed by atoms with Crippen molar-refractivity contribution >= 4 is 23.4 Å². The average Bonchev–Trinajstić information content (AvgIpc) is 2.60. The van der Waals surface area contributed by atoms with Gasteiger partial charge in [-0.05, 0) is 44.2 Å². The summed E-state index contributed by atoms with van der Waals surface area (Å²) in [5.41, 5.74) is 2.44. The smallest absolute Gasteiger partial charge is 0.251 e. The number of benzene rings is 2. The summed E-state index contributed by atoms with van der Waals surface area (Å²) in [7, 11) is 0. The highest BCUT2D eigenvalue weighted by molar-refractivity contribution is 6.00. The Morgan fingerprint density at radius 3 is 2.20 bits per heavy atom. The van der Waals surface area contributed by atoms with Crippen LogP contribution in [-0.4, -0.2) is 30.8 Å². The summed E-state index contributed by atoms with van der Waals surface area (Å²) in [6.45, 7) is 4.10. The van der Waals surface area contributed by atoms with E-state index in [9.17, 15) is 14.4 Å².